The monoisotopic (exact) mass is 204 g/mol. The minimum Gasteiger partial charge on any atom is -0.316 e. The zero-order valence-corrected chi connectivity index (χ0v) is 9.45. The number of nitrogens with zero attached hydrogens (tertiary/aromatic N) is 1. The molecule has 1 aromatic heterocycles. The number of aromatic nitrogens is 1. The maximum Gasteiger partial charge on any atom is 0.0270 e. The Balaban J connectivity index is 1.82. The summed E-state index contributed by atoms with van der Waals surface area (Å²) in [6.45, 7) is 4.79. The molecule has 82 valence electrons. The van der Waals surface area contributed by atoms with Crippen LogP contribution >= 0.6 is 0 Å². The van der Waals surface area contributed by atoms with Crippen LogP contribution in [0.25, 0.3) is 0 Å². The summed E-state index contributed by atoms with van der Waals surface area (Å²) in [4.78, 5) is 4.04. The minimum atomic E-state index is 0.854. The van der Waals surface area contributed by atoms with E-state index in [1.807, 2.05) is 12.4 Å². The highest BCUT2D eigenvalue weighted by Crippen LogP contribution is 2.23. The van der Waals surface area contributed by atoms with Crippen LogP contribution in [0.15, 0.2) is 24.5 Å². The summed E-state index contributed by atoms with van der Waals surface area (Å²) in [5.41, 5.74) is 1.42. The van der Waals surface area contributed by atoms with Gasteiger partial charge in [-0.1, -0.05) is 6.92 Å². The lowest BCUT2D eigenvalue weighted by Crippen LogP contribution is -2.35. The average Bonchev–Trinajstić information content (AvgIpc) is 2.29. The van der Waals surface area contributed by atoms with E-state index in [9.17, 15) is 0 Å². The molecule has 0 radical (unpaired) electrons. The van der Waals surface area contributed by atoms with Crippen LogP contribution in [0.5, 0.6) is 0 Å². The third kappa shape index (κ3) is 3.03. The quantitative estimate of drug-likeness (QED) is 0.817. The largest absolute Gasteiger partial charge is 0.316 e. The van der Waals surface area contributed by atoms with E-state index in [4.69, 9.17) is 0 Å². The molecule has 0 spiro atoms. The fourth-order valence-corrected chi connectivity index (χ4v) is 2.34. The Morgan fingerprint density at radius 3 is 2.93 bits per heavy atom. The van der Waals surface area contributed by atoms with Crippen LogP contribution in [-0.2, 0) is 6.42 Å². The highest BCUT2D eigenvalue weighted by atomic mass is 14.9. The summed E-state index contributed by atoms with van der Waals surface area (Å²) in [7, 11) is 0. The van der Waals surface area contributed by atoms with Crippen LogP contribution in [0.2, 0.25) is 0 Å². The predicted molar refractivity (Wildman–Crippen MR) is 62.7 cm³/mol. The molecule has 0 bridgehead atoms. The van der Waals surface area contributed by atoms with Gasteiger partial charge in [0.2, 0.25) is 0 Å². The highest BCUT2D eigenvalue weighted by Gasteiger charge is 2.20. The van der Waals surface area contributed by atoms with Gasteiger partial charge in [0.25, 0.3) is 0 Å². The third-order valence-corrected chi connectivity index (χ3v) is 3.54. The van der Waals surface area contributed by atoms with Gasteiger partial charge >= 0.3 is 0 Å². The summed E-state index contributed by atoms with van der Waals surface area (Å²) in [6, 6.07) is 4.25. The topological polar surface area (TPSA) is 24.9 Å². The van der Waals surface area contributed by atoms with Gasteiger partial charge in [0.15, 0.2) is 0 Å². The highest BCUT2D eigenvalue weighted by molar-refractivity contribution is 5.09. The van der Waals surface area contributed by atoms with E-state index in [2.05, 4.69) is 29.4 Å². The first-order valence-electron chi connectivity index (χ1n) is 5.96. The van der Waals surface area contributed by atoms with Gasteiger partial charge in [0.05, 0.1) is 0 Å². The van der Waals surface area contributed by atoms with Crippen molar-refractivity contribution in [1.29, 1.82) is 0 Å². The van der Waals surface area contributed by atoms with E-state index in [0.29, 0.717) is 0 Å². The second-order valence-corrected chi connectivity index (χ2v) is 4.62. The standard InChI is InChI=1S/C13H20N2/c1-11-4-7-15-10-13(11)3-2-12-5-8-14-9-6-12/h5-6,8-9,11,13,15H,2-4,7,10H2,1H3. The molecule has 2 heteroatoms. The second-order valence-electron chi connectivity index (χ2n) is 4.62. The van der Waals surface area contributed by atoms with Crippen LogP contribution in [0, 0.1) is 11.8 Å². The van der Waals surface area contributed by atoms with Crippen molar-refractivity contribution in [2.45, 2.75) is 26.2 Å². The lowest BCUT2D eigenvalue weighted by atomic mass is 9.84. The van der Waals surface area contributed by atoms with Gasteiger partial charge in [-0.3, -0.25) is 4.98 Å². The van der Waals surface area contributed by atoms with Crippen molar-refractivity contribution in [1.82, 2.24) is 10.3 Å². The maximum absolute atomic E-state index is 4.04. The SMILES string of the molecule is CC1CCNCC1CCc1ccncc1. The van der Waals surface area contributed by atoms with Gasteiger partial charge in [-0.05, 0) is 61.9 Å². The summed E-state index contributed by atoms with van der Waals surface area (Å²) in [5.74, 6) is 1.74. The molecule has 0 aliphatic carbocycles. The molecule has 1 aromatic rings. The van der Waals surface area contributed by atoms with E-state index in [1.165, 1.54) is 37.9 Å². The Morgan fingerprint density at radius 2 is 2.20 bits per heavy atom. The molecule has 2 heterocycles. The first-order valence-corrected chi connectivity index (χ1v) is 5.96. The van der Waals surface area contributed by atoms with E-state index >= 15 is 0 Å². The van der Waals surface area contributed by atoms with E-state index < -0.39 is 0 Å². The molecule has 1 saturated heterocycles. The summed E-state index contributed by atoms with van der Waals surface area (Å²) in [5, 5.41) is 3.49. The number of rotatable bonds is 3. The number of aryl methyl sites for hydroxylation is 1. The lowest BCUT2D eigenvalue weighted by molar-refractivity contribution is 0.260. The molecule has 2 nitrogen and oxygen atoms in total. The van der Waals surface area contributed by atoms with Gasteiger partial charge in [0.1, 0.15) is 0 Å². The van der Waals surface area contributed by atoms with Crippen LogP contribution in [0.1, 0.15) is 25.3 Å². The van der Waals surface area contributed by atoms with Crippen LogP contribution < -0.4 is 5.32 Å². The Bertz CT molecular complexity index is 284. The van der Waals surface area contributed by atoms with Crippen molar-refractivity contribution in [3.8, 4) is 0 Å². The van der Waals surface area contributed by atoms with E-state index in [1.54, 1.807) is 0 Å². The smallest absolute Gasteiger partial charge is 0.0270 e. The summed E-state index contributed by atoms with van der Waals surface area (Å²) < 4.78 is 0. The van der Waals surface area contributed by atoms with Gasteiger partial charge in [-0.2, -0.15) is 0 Å². The van der Waals surface area contributed by atoms with Crippen LogP contribution in [-0.4, -0.2) is 18.1 Å². The molecule has 2 atom stereocenters. The Kier molecular flexibility index (Phi) is 3.73. The molecule has 2 unspecified atom stereocenters. The second kappa shape index (κ2) is 5.26. The van der Waals surface area contributed by atoms with Gasteiger partial charge in [-0.25, -0.2) is 0 Å². The van der Waals surface area contributed by atoms with Gasteiger partial charge in [-0.15, -0.1) is 0 Å². The van der Waals surface area contributed by atoms with E-state index in [-0.39, 0.29) is 0 Å². The zero-order chi connectivity index (χ0) is 10.5. The molecule has 0 amide bonds. The van der Waals surface area contributed by atoms with Crippen molar-refractivity contribution in [3.63, 3.8) is 0 Å². The molecule has 1 aliphatic heterocycles. The molecule has 1 fully saturated rings. The van der Waals surface area contributed by atoms with Crippen molar-refractivity contribution < 1.29 is 0 Å². The van der Waals surface area contributed by atoms with Crippen molar-refractivity contribution in [3.05, 3.63) is 30.1 Å². The molecule has 0 aromatic carbocycles. The number of piperidine rings is 1. The zero-order valence-electron chi connectivity index (χ0n) is 9.45. The third-order valence-electron chi connectivity index (χ3n) is 3.54. The summed E-state index contributed by atoms with van der Waals surface area (Å²) >= 11 is 0. The summed E-state index contributed by atoms with van der Waals surface area (Å²) in [6.07, 6.45) is 7.61. The van der Waals surface area contributed by atoms with Crippen LogP contribution in [0.4, 0.5) is 0 Å². The van der Waals surface area contributed by atoms with Crippen molar-refractivity contribution in [2.75, 3.05) is 13.1 Å². The molecular formula is C13H20N2. The molecule has 1 aliphatic rings. The fraction of sp³-hybridized carbons (Fsp3) is 0.615. The molecule has 1 N–H and O–H groups in total. The Morgan fingerprint density at radius 1 is 1.40 bits per heavy atom. The number of hydrogen-bond acceptors (Lipinski definition) is 2. The molecule has 15 heavy (non-hydrogen) atoms. The first-order chi connectivity index (χ1) is 7.36. The number of hydrogen-bond donors (Lipinski definition) is 1. The van der Waals surface area contributed by atoms with Gasteiger partial charge in [0, 0.05) is 12.4 Å². The van der Waals surface area contributed by atoms with E-state index in [0.717, 1.165) is 11.8 Å². The van der Waals surface area contributed by atoms with Crippen LogP contribution in [0.3, 0.4) is 0 Å². The van der Waals surface area contributed by atoms with Crippen molar-refractivity contribution in [2.24, 2.45) is 11.8 Å². The fourth-order valence-electron chi connectivity index (χ4n) is 2.34. The molecular weight excluding hydrogens is 184 g/mol. The minimum absolute atomic E-state index is 0.854. The average molecular weight is 204 g/mol. The lowest BCUT2D eigenvalue weighted by Gasteiger charge is -2.29. The predicted octanol–water partition coefficient (Wildman–Crippen LogP) is 2.26. The first kappa shape index (κ1) is 10.6. The molecule has 0 saturated carbocycles. The number of nitrogens with one attached hydrogen (secondary N) is 1. The Hall–Kier alpha value is -0.890. The van der Waals surface area contributed by atoms with Gasteiger partial charge < -0.3 is 5.32 Å². The maximum atomic E-state index is 4.04. The number of pyridine rings is 1. The molecule has 2 rings (SSSR count). The van der Waals surface area contributed by atoms with Crippen molar-refractivity contribution >= 4 is 0 Å². The normalized spacial score (nSPS) is 26.5. The Labute approximate surface area is 92.1 Å².